The van der Waals surface area contributed by atoms with Gasteiger partial charge in [-0.2, -0.15) is 0 Å². The molecule has 0 heterocycles. The van der Waals surface area contributed by atoms with Crippen LogP contribution in [0.4, 0.5) is 0 Å². The van der Waals surface area contributed by atoms with E-state index in [1.807, 2.05) is 12.1 Å². The molecule has 0 aromatic heterocycles. The minimum Gasteiger partial charge on any atom is -0.465 e. The van der Waals surface area contributed by atoms with E-state index in [0.717, 1.165) is 5.56 Å². The summed E-state index contributed by atoms with van der Waals surface area (Å²) in [6.07, 6.45) is 3.12. The van der Waals surface area contributed by atoms with Gasteiger partial charge in [-0.1, -0.05) is 45.0 Å². The average molecular weight is 289 g/mol. The maximum Gasteiger partial charge on any atom is 0.325 e. The summed E-state index contributed by atoms with van der Waals surface area (Å²) in [5, 5.41) is 2.47. The first-order valence-corrected chi connectivity index (χ1v) is 7.05. The van der Waals surface area contributed by atoms with Crippen molar-refractivity contribution in [1.29, 1.82) is 0 Å². The molecule has 1 aromatic rings. The minimum absolute atomic E-state index is 0.110. The quantitative estimate of drug-likeness (QED) is 0.670. The Morgan fingerprint density at radius 3 is 2.33 bits per heavy atom. The predicted molar refractivity (Wildman–Crippen MR) is 83.8 cm³/mol. The fourth-order valence-electron chi connectivity index (χ4n) is 1.70. The third kappa shape index (κ3) is 6.25. The molecule has 0 saturated heterocycles. The van der Waals surface area contributed by atoms with Crippen LogP contribution in [0.25, 0.3) is 6.08 Å². The maximum atomic E-state index is 11.5. The van der Waals surface area contributed by atoms with Gasteiger partial charge in [-0.3, -0.25) is 9.59 Å². The molecule has 0 unspecified atom stereocenters. The topological polar surface area (TPSA) is 55.4 Å². The molecule has 1 rings (SSSR count). The van der Waals surface area contributed by atoms with Crippen LogP contribution in [0.1, 0.15) is 38.8 Å². The van der Waals surface area contributed by atoms with Crippen LogP contribution in [0.15, 0.2) is 30.3 Å². The summed E-state index contributed by atoms with van der Waals surface area (Å²) in [4.78, 5) is 22.6. The van der Waals surface area contributed by atoms with Gasteiger partial charge in [0.25, 0.3) is 0 Å². The summed E-state index contributed by atoms with van der Waals surface area (Å²) in [6, 6.07) is 8.04. The van der Waals surface area contributed by atoms with Crippen LogP contribution in [0.3, 0.4) is 0 Å². The lowest BCUT2D eigenvalue weighted by Crippen LogP contribution is -2.29. The van der Waals surface area contributed by atoms with E-state index >= 15 is 0 Å². The molecule has 0 aliphatic rings. The third-order valence-electron chi connectivity index (χ3n) is 2.92. The van der Waals surface area contributed by atoms with E-state index in [-0.39, 0.29) is 17.9 Å². The van der Waals surface area contributed by atoms with Gasteiger partial charge in [0.05, 0.1) is 6.61 Å². The molecule has 0 saturated carbocycles. The number of amides is 1. The van der Waals surface area contributed by atoms with Crippen LogP contribution in [0.2, 0.25) is 0 Å². The van der Waals surface area contributed by atoms with Gasteiger partial charge < -0.3 is 10.1 Å². The highest BCUT2D eigenvalue weighted by Crippen LogP contribution is 2.22. The lowest BCUT2D eigenvalue weighted by molar-refractivity contribution is -0.143. The molecular formula is C17H23NO3. The van der Waals surface area contributed by atoms with Crippen molar-refractivity contribution in [3.63, 3.8) is 0 Å². The van der Waals surface area contributed by atoms with Crippen LogP contribution < -0.4 is 5.32 Å². The van der Waals surface area contributed by atoms with Gasteiger partial charge in [0.1, 0.15) is 6.54 Å². The van der Waals surface area contributed by atoms with Crippen LogP contribution in [0.5, 0.6) is 0 Å². The average Bonchev–Trinajstić information content (AvgIpc) is 2.43. The Labute approximate surface area is 126 Å². The van der Waals surface area contributed by atoms with E-state index < -0.39 is 5.97 Å². The standard InChI is InChI=1S/C17H23NO3/c1-5-21-16(20)12-18-15(19)11-8-13-6-9-14(10-7-13)17(2,3)4/h6-11H,5,12H2,1-4H3,(H,18,19)/b11-8+. The van der Waals surface area contributed by atoms with Crippen LogP contribution in [-0.4, -0.2) is 25.0 Å². The number of ether oxygens (including phenoxy) is 1. The number of rotatable bonds is 5. The van der Waals surface area contributed by atoms with Gasteiger partial charge in [0.15, 0.2) is 0 Å². The van der Waals surface area contributed by atoms with Gasteiger partial charge in [0, 0.05) is 6.08 Å². The Bertz CT molecular complexity index is 510. The van der Waals surface area contributed by atoms with E-state index in [2.05, 4.69) is 38.2 Å². The fourth-order valence-corrected chi connectivity index (χ4v) is 1.70. The largest absolute Gasteiger partial charge is 0.465 e. The second-order valence-electron chi connectivity index (χ2n) is 5.73. The van der Waals surface area contributed by atoms with Crippen LogP contribution in [-0.2, 0) is 19.7 Å². The first-order valence-electron chi connectivity index (χ1n) is 7.05. The smallest absolute Gasteiger partial charge is 0.325 e. The van der Waals surface area contributed by atoms with E-state index in [4.69, 9.17) is 4.74 Å². The van der Waals surface area contributed by atoms with Crippen molar-refractivity contribution < 1.29 is 14.3 Å². The number of benzene rings is 1. The van der Waals surface area contributed by atoms with Crippen LogP contribution >= 0.6 is 0 Å². The van der Waals surface area contributed by atoms with Gasteiger partial charge in [-0.25, -0.2) is 0 Å². The zero-order valence-electron chi connectivity index (χ0n) is 13.1. The Kier molecular flexibility index (Phi) is 6.15. The summed E-state index contributed by atoms with van der Waals surface area (Å²) in [7, 11) is 0. The number of esters is 1. The first kappa shape index (κ1) is 17.0. The Balaban J connectivity index is 2.53. The second-order valence-corrected chi connectivity index (χ2v) is 5.73. The molecule has 4 heteroatoms. The molecule has 4 nitrogen and oxygen atoms in total. The summed E-state index contributed by atoms with van der Waals surface area (Å²) >= 11 is 0. The van der Waals surface area contributed by atoms with Gasteiger partial charge in [-0.05, 0) is 29.5 Å². The molecule has 0 aliphatic carbocycles. The molecule has 0 fully saturated rings. The Morgan fingerprint density at radius 1 is 1.19 bits per heavy atom. The molecule has 0 spiro atoms. The molecule has 1 N–H and O–H groups in total. The van der Waals surface area contributed by atoms with Crippen molar-refractivity contribution in [3.8, 4) is 0 Å². The summed E-state index contributed by atoms with van der Waals surface area (Å²) in [5.74, 6) is -0.753. The SMILES string of the molecule is CCOC(=O)CNC(=O)/C=C/c1ccc(C(C)(C)C)cc1. The number of carbonyl (C=O) groups excluding carboxylic acids is 2. The molecule has 1 amide bonds. The van der Waals surface area contributed by atoms with Crippen molar-refractivity contribution in [2.45, 2.75) is 33.1 Å². The van der Waals surface area contributed by atoms with E-state index in [1.54, 1.807) is 13.0 Å². The third-order valence-corrected chi connectivity index (χ3v) is 2.92. The molecule has 0 radical (unpaired) electrons. The van der Waals surface area contributed by atoms with Gasteiger partial charge in [0.2, 0.25) is 5.91 Å². The summed E-state index contributed by atoms with van der Waals surface area (Å²) in [6.45, 7) is 8.38. The number of carbonyl (C=O) groups is 2. The fraction of sp³-hybridized carbons (Fsp3) is 0.412. The minimum atomic E-state index is -0.436. The van der Waals surface area contributed by atoms with Crippen molar-refractivity contribution in [2.24, 2.45) is 0 Å². The van der Waals surface area contributed by atoms with Crippen molar-refractivity contribution in [3.05, 3.63) is 41.5 Å². The van der Waals surface area contributed by atoms with Crippen molar-refractivity contribution in [2.75, 3.05) is 13.2 Å². The van der Waals surface area contributed by atoms with Gasteiger partial charge >= 0.3 is 5.97 Å². The zero-order valence-corrected chi connectivity index (χ0v) is 13.1. The normalized spacial score (nSPS) is 11.4. The van der Waals surface area contributed by atoms with Gasteiger partial charge in [-0.15, -0.1) is 0 Å². The molecule has 114 valence electrons. The Morgan fingerprint density at radius 2 is 1.81 bits per heavy atom. The highest BCUT2D eigenvalue weighted by atomic mass is 16.5. The molecule has 1 aromatic carbocycles. The van der Waals surface area contributed by atoms with Crippen LogP contribution in [0, 0.1) is 0 Å². The maximum absolute atomic E-state index is 11.5. The highest BCUT2D eigenvalue weighted by molar-refractivity contribution is 5.93. The predicted octanol–water partition coefficient (Wildman–Crippen LogP) is 2.68. The van der Waals surface area contributed by atoms with Crippen molar-refractivity contribution in [1.82, 2.24) is 5.32 Å². The molecule has 0 atom stereocenters. The number of hydrogen-bond donors (Lipinski definition) is 1. The summed E-state index contributed by atoms with van der Waals surface area (Å²) < 4.78 is 4.72. The summed E-state index contributed by atoms with van der Waals surface area (Å²) in [5.41, 5.74) is 2.29. The van der Waals surface area contributed by atoms with Crippen molar-refractivity contribution >= 4 is 18.0 Å². The highest BCUT2D eigenvalue weighted by Gasteiger charge is 2.12. The monoisotopic (exact) mass is 289 g/mol. The Hall–Kier alpha value is -2.10. The molecule has 21 heavy (non-hydrogen) atoms. The molecule has 0 aliphatic heterocycles. The van der Waals surface area contributed by atoms with E-state index in [0.29, 0.717) is 6.61 Å². The van der Waals surface area contributed by atoms with E-state index in [1.165, 1.54) is 11.6 Å². The lowest BCUT2D eigenvalue weighted by Gasteiger charge is -2.18. The molecule has 0 bridgehead atoms. The number of hydrogen-bond acceptors (Lipinski definition) is 3. The first-order chi connectivity index (χ1) is 9.82. The van der Waals surface area contributed by atoms with E-state index in [9.17, 15) is 9.59 Å². The lowest BCUT2D eigenvalue weighted by atomic mass is 9.87. The zero-order chi connectivity index (χ0) is 15.9. The number of nitrogens with one attached hydrogen (secondary N) is 1. The molecular weight excluding hydrogens is 266 g/mol. The second kappa shape index (κ2) is 7.62.